The van der Waals surface area contributed by atoms with Crippen LogP contribution in [0.3, 0.4) is 0 Å². The zero-order chi connectivity index (χ0) is 22.2. The van der Waals surface area contributed by atoms with Gasteiger partial charge < -0.3 is 10.1 Å². The van der Waals surface area contributed by atoms with E-state index in [-0.39, 0.29) is 18.1 Å². The molecule has 1 fully saturated rings. The highest BCUT2D eigenvalue weighted by atomic mass is 16.5. The number of hydrogen-bond acceptors (Lipinski definition) is 4. The third-order valence-corrected chi connectivity index (χ3v) is 6.25. The third-order valence-electron chi connectivity index (χ3n) is 6.25. The van der Waals surface area contributed by atoms with E-state index in [2.05, 4.69) is 5.32 Å². The number of ketones is 1. The predicted molar refractivity (Wildman–Crippen MR) is 118 cm³/mol. The molecule has 4 rings (SSSR count). The second-order valence-electron chi connectivity index (χ2n) is 8.73. The molecule has 5 heteroatoms. The van der Waals surface area contributed by atoms with E-state index in [1.165, 1.54) is 0 Å². The first-order valence-electron chi connectivity index (χ1n) is 10.7. The summed E-state index contributed by atoms with van der Waals surface area (Å²) in [5.41, 5.74) is 4.30. The first-order chi connectivity index (χ1) is 14.8. The van der Waals surface area contributed by atoms with E-state index < -0.39 is 11.5 Å². The van der Waals surface area contributed by atoms with Gasteiger partial charge in [-0.2, -0.15) is 0 Å². The number of amides is 1. The van der Waals surface area contributed by atoms with Gasteiger partial charge >= 0.3 is 5.97 Å². The van der Waals surface area contributed by atoms with Gasteiger partial charge in [0.05, 0.1) is 12.0 Å². The minimum Gasteiger partial charge on any atom is -0.427 e. The van der Waals surface area contributed by atoms with E-state index in [1.54, 1.807) is 0 Å². The zero-order valence-corrected chi connectivity index (χ0v) is 18.2. The molecule has 0 bridgehead atoms. The standard InChI is InChI=1S/C26H27NO4/c1-16-5-8-19(9-6-16)15-22(29)31-24-23(21-14-17(2)4-7-18(21)3)25(30)27-26(24)12-10-20(28)11-13-26/h4-9,14H,10-13,15H2,1-3H3,(H,27,30). The Hall–Kier alpha value is -3.21. The molecule has 0 atom stereocenters. The average molecular weight is 418 g/mol. The number of aryl methyl sites for hydroxylation is 3. The van der Waals surface area contributed by atoms with Crippen molar-refractivity contribution in [2.24, 2.45) is 0 Å². The van der Waals surface area contributed by atoms with Crippen molar-refractivity contribution in [2.75, 3.05) is 0 Å². The number of nitrogens with one attached hydrogen (secondary N) is 1. The van der Waals surface area contributed by atoms with Gasteiger partial charge in [-0.1, -0.05) is 53.6 Å². The van der Waals surface area contributed by atoms with Crippen molar-refractivity contribution in [1.29, 1.82) is 0 Å². The molecule has 0 radical (unpaired) electrons. The van der Waals surface area contributed by atoms with Gasteiger partial charge in [0, 0.05) is 12.8 Å². The summed E-state index contributed by atoms with van der Waals surface area (Å²) in [6, 6.07) is 13.6. The van der Waals surface area contributed by atoms with Crippen molar-refractivity contribution in [3.63, 3.8) is 0 Å². The monoisotopic (exact) mass is 417 g/mol. The van der Waals surface area contributed by atoms with E-state index in [0.717, 1.165) is 27.8 Å². The molecule has 5 nitrogen and oxygen atoms in total. The molecule has 0 unspecified atom stereocenters. The van der Waals surface area contributed by atoms with Gasteiger partial charge in [0.25, 0.3) is 5.91 Å². The van der Waals surface area contributed by atoms with Crippen LogP contribution < -0.4 is 5.32 Å². The van der Waals surface area contributed by atoms with E-state index in [9.17, 15) is 14.4 Å². The van der Waals surface area contributed by atoms with Crippen molar-refractivity contribution < 1.29 is 19.1 Å². The van der Waals surface area contributed by atoms with Gasteiger partial charge in [-0.05, 0) is 50.3 Å². The Morgan fingerprint density at radius 2 is 1.61 bits per heavy atom. The molecule has 1 amide bonds. The van der Waals surface area contributed by atoms with Gasteiger partial charge in [0.2, 0.25) is 0 Å². The highest BCUT2D eigenvalue weighted by Gasteiger charge is 2.49. The van der Waals surface area contributed by atoms with Gasteiger partial charge in [0.15, 0.2) is 0 Å². The van der Waals surface area contributed by atoms with E-state index >= 15 is 0 Å². The lowest BCUT2D eigenvalue weighted by Crippen LogP contribution is -2.48. The van der Waals surface area contributed by atoms with Crippen LogP contribution in [0, 0.1) is 20.8 Å². The summed E-state index contributed by atoms with van der Waals surface area (Å²) in [6.07, 6.45) is 1.73. The Kier molecular flexibility index (Phi) is 5.52. The van der Waals surface area contributed by atoms with Crippen molar-refractivity contribution in [3.8, 4) is 0 Å². The molecule has 1 saturated carbocycles. The average Bonchev–Trinajstić information content (AvgIpc) is 2.99. The largest absolute Gasteiger partial charge is 0.427 e. The fourth-order valence-corrected chi connectivity index (χ4v) is 4.41. The summed E-state index contributed by atoms with van der Waals surface area (Å²) < 4.78 is 5.95. The van der Waals surface area contributed by atoms with Crippen LogP contribution in [-0.2, 0) is 25.5 Å². The lowest BCUT2D eigenvalue weighted by Gasteiger charge is -2.34. The first kappa shape index (κ1) is 21.0. The van der Waals surface area contributed by atoms with Crippen molar-refractivity contribution in [1.82, 2.24) is 5.32 Å². The van der Waals surface area contributed by atoms with Gasteiger partial charge in [-0.25, -0.2) is 0 Å². The molecule has 0 aromatic heterocycles. The smallest absolute Gasteiger partial charge is 0.315 e. The van der Waals surface area contributed by atoms with Crippen LogP contribution in [0.5, 0.6) is 0 Å². The number of benzene rings is 2. The summed E-state index contributed by atoms with van der Waals surface area (Å²) >= 11 is 0. The molecule has 1 aliphatic carbocycles. The Bertz CT molecular complexity index is 1080. The maximum Gasteiger partial charge on any atom is 0.315 e. The molecule has 31 heavy (non-hydrogen) atoms. The molecule has 1 N–H and O–H groups in total. The molecule has 160 valence electrons. The maximum absolute atomic E-state index is 13.1. The summed E-state index contributed by atoms with van der Waals surface area (Å²) in [7, 11) is 0. The second-order valence-corrected chi connectivity index (χ2v) is 8.73. The highest BCUT2D eigenvalue weighted by Crippen LogP contribution is 2.43. The number of ether oxygens (including phenoxy) is 1. The second kappa shape index (κ2) is 8.14. The Balaban J connectivity index is 1.74. The molecule has 2 aromatic carbocycles. The maximum atomic E-state index is 13.1. The van der Waals surface area contributed by atoms with Crippen LogP contribution in [0.15, 0.2) is 48.2 Å². The van der Waals surface area contributed by atoms with Crippen molar-refractivity contribution in [2.45, 2.75) is 58.4 Å². The van der Waals surface area contributed by atoms with Crippen LogP contribution >= 0.6 is 0 Å². The topological polar surface area (TPSA) is 72.5 Å². The molecule has 0 saturated heterocycles. The Labute approximate surface area is 182 Å². The summed E-state index contributed by atoms with van der Waals surface area (Å²) in [5.74, 6) is -0.114. The first-order valence-corrected chi connectivity index (χ1v) is 10.7. The fraction of sp³-hybridized carbons (Fsp3) is 0.346. The summed E-state index contributed by atoms with van der Waals surface area (Å²) in [6.45, 7) is 5.90. The SMILES string of the molecule is Cc1ccc(CC(=O)OC2=C(c3cc(C)ccc3C)C(=O)NC23CCC(=O)CC3)cc1. The van der Waals surface area contributed by atoms with Crippen molar-refractivity contribution in [3.05, 3.63) is 76.0 Å². The van der Waals surface area contributed by atoms with Crippen LogP contribution in [0.25, 0.3) is 5.57 Å². The van der Waals surface area contributed by atoms with Crippen LogP contribution in [0.1, 0.15) is 53.5 Å². The number of hydrogen-bond donors (Lipinski definition) is 1. The van der Waals surface area contributed by atoms with Crippen LogP contribution in [-0.4, -0.2) is 23.2 Å². The number of carbonyl (C=O) groups excluding carboxylic acids is 3. The Morgan fingerprint density at radius 1 is 0.968 bits per heavy atom. The lowest BCUT2D eigenvalue weighted by atomic mass is 9.79. The summed E-state index contributed by atoms with van der Waals surface area (Å²) in [5, 5.41) is 3.07. The minimum absolute atomic E-state index is 0.118. The normalized spacial score (nSPS) is 17.8. The van der Waals surface area contributed by atoms with E-state index in [1.807, 2.05) is 63.2 Å². The Morgan fingerprint density at radius 3 is 2.29 bits per heavy atom. The van der Waals surface area contributed by atoms with Gasteiger partial charge in [-0.3, -0.25) is 14.4 Å². The van der Waals surface area contributed by atoms with Crippen molar-refractivity contribution >= 4 is 23.2 Å². The van der Waals surface area contributed by atoms with Gasteiger partial charge in [-0.15, -0.1) is 0 Å². The minimum atomic E-state index is -0.806. The molecule has 1 aliphatic heterocycles. The molecule has 2 aromatic rings. The number of Topliss-reactive ketones (excluding diaryl/α,β-unsaturated/α-hetero) is 1. The quantitative estimate of drug-likeness (QED) is 0.760. The molecule has 1 heterocycles. The van der Waals surface area contributed by atoms with Crippen LogP contribution in [0.4, 0.5) is 0 Å². The predicted octanol–water partition coefficient (Wildman–Crippen LogP) is 4.12. The zero-order valence-electron chi connectivity index (χ0n) is 18.2. The third kappa shape index (κ3) is 4.18. The molecule has 2 aliphatic rings. The molecule has 1 spiro atoms. The fourth-order valence-electron chi connectivity index (χ4n) is 4.41. The van der Waals surface area contributed by atoms with E-state index in [4.69, 9.17) is 4.74 Å². The molecular weight excluding hydrogens is 390 g/mol. The number of esters is 1. The number of rotatable bonds is 4. The molecular formula is C26H27NO4. The van der Waals surface area contributed by atoms with E-state index in [0.29, 0.717) is 37.0 Å². The summed E-state index contributed by atoms with van der Waals surface area (Å²) in [4.78, 5) is 37.9. The van der Waals surface area contributed by atoms with Gasteiger partial charge in [0.1, 0.15) is 17.1 Å². The lowest BCUT2D eigenvalue weighted by molar-refractivity contribution is -0.140. The highest BCUT2D eigenvalue weighted by molar-refractivity contribution is 6.24. The number of carbonyl (C=O) groups is 3. The van der Waals surface area contributed by atoms with Crippen LogP contribution in [0.2, 0.25) is 0 Å².